The number of phenolic OH excluding ortho intramolecular Hbond substituents is 3. The van der Waals surface area contributed by atoms with Crippen LogP contribution in [0.1, 0.15) is 27.6 Å². The first-order valence-electron chi connectivity index (χ1n) is 10.2. The lowest BCUT2D eigenvalue weighted by Crippen LogP contribution is -2.58. The third-order valence-electron chi connectivity index (χ3n) is 5.61. The largest absolute Gasteiger partial charge is 0.508 e. The molecule has 0 radical (unpaired) electrons. The normalized spacial score (nSPS) is 25.9. The van der Waals surface area contributed by atoms with Crippen LogP contribution in [0.3, 0.4) is 0 Å². The Morgan fingerprint density at radius 3 is 2.50 bits per heavy atom. The summed E-state index contributed by atoms with van der Waals surface area (Å²) in [5.41, 5.74) is 0.342. The van der Waals surface area contributed by atoms with Gasteiger partial charge in [0.1, 0.15) is 36.8 Å². The maximum atomic E-state index is 12.4. The van der Waals surface area contributed by atoms with Crippen LogP contribution < -0.4 is 4.74 Å². The number of carbonyl (C=O) groups excluding carboxylic acids is 2. The average molecular weight is 474 g/mol. The molecule has 2 aromatic rings. The second-order valence-corrected chi connectivity index (χ2v) is 7.74. The Labute approximate surface area is 193 Å². The van der Waals surface area contributed by atoms with Crippen molar-refractivity contribution in [2.45, 2.75) is 30.5 Å². The highest BCUT2D eigenvalue weighted by molar-refractivity contribution is 5.95. The van der Waals surface area contributed by atoms with Crippen molar-refractivity contribution in [2.75, 3.05) is 13.7 Å². The fourth-order valence-electron chi connectivity index (χ4n) is 3.90. The summed E-state index contributed by atoms with van der Waals surface area (Å²) in [5, 5.41) is 50.9. The van der Waals surface area contributed by atoms with Crippen LogP contribution in [-0.4, -0.2) is 75.6 Å². The topological polar surface area (TPSA) is 172 Å². The second kappa shape index (κ2) is 9.21. The summed E-state index contributed by atoms with van der Waals surface area (Å²) in [5.74, 6) is -3.02. The summed E-state index contributed by atoms with van der Waals surface area (Å²) < 4.78 is 21.1. The molecule has 1 fully saturated rings. The lowest BCUT2D eigenvalue weighted by molar-refractivity contribution is -0.237. The van der Waals surface area contributed by atoms with Gasteiger partial charge in [0.15, 0.2) is 17.6 Å². The number of aliphatic hydroxyl groups excluding tert-OH is 2. The summed E-state index contributed by atoms with van der Waals surface area (Å²) >= 11 is 0. The van der Waals surface area contributed by atoms with Gasteiger partial charge in [-0.25, -0.2) is 9.59 Å². The molecule has 0 bridgehead atoms. The molecule has 0 amide bonds. The van der Waals surface area contributed by atoms with Gasteiger partial charge in [0, 0.05) is 11.6 Å². The standard InChI is InChI=1S/C23H22O11/c1-31-20-13(25)8-12-16(18(20)28)21-22(34-23(12)30)19(29)17(27)14(33-21)9-32-15(26)7-4-10-2-5-11(24)6-3-10/h2-8,14,17,19,21-22,24-25,27-29H,9H2,1H3/b7-4-/t14-,17-,19+,21+,22-/m1/s1. The summed E-state index contributed by atoms with van der Waals surface area (Å²) in [4.78, 5) is 24.5. The number of fused-ring (bicyclic) bond motifs is 3. The highest BCUT2D eigenvalue weighted by Crippen LogP contribution is 2.49. The maximum absolute atomic E-state index is 12.4. The lowest BCUT2D eigenvalue weighted by Gasteiger charge is -2.44. The quantitative estimate of drug-likeness (QED) is 0.306. The van der Waals surface area contributed by atoms with Crippen molar-refractivity contribution >= 4 is 18.0 Å². The van der Waals surface area contributed by atoms with Gasteiger partial charge in [0.05, 0.1) is 12.7 Å². The second-order valence-electron chi connectivity index (χ2n) is 7.74. The van der Waals surface area contributed by atoms with Gasteiger partial charge < -0.3 is 44.5 Å². The van der Waals surface area contributed by atoms with Gasteiger partial charge in [-0.3, -0.25) is 0 Å². The van der Waals surface area contributed by atoms with E-state index in [1.54, 1.807) is 12.1 Å². The molecule has 0 unspecified atom stereocenters. The Morgan fingerprint density at radius 1 is 1.12 bits per heavy atom. The molecule has 0 aliphatic carbocycles. The summed E-state index contributed by atoms with van der Waals surface area (Å²) in [6.45, 7) is -0.459. The predicted molar refractivity (Wildman–Crippen MR) is 113 cm³/mol. The monoisotopic (exact) mass is 474 g/mol. The van der Waals surface area contributed by atoms with E-state index >= 15 is 0 Å². The predicted octanol–water partition coefficient (Wildman–Crippen LogP) is 0.769. The zero-order valence-corrected chi connectivity index (χ0v) is 17.8. The minimum atomic E-state index is -1.62. The molecule has 0 saturated carbocycles. The summed E-state index contributed by atoms with van der Waals surface area (Å²) in [6.07, 6.45) is -4.44. The van der Waals surface area contributed by atoms with Crippen LogP contribution >= 0.6 is 0 Å². The van der Waals surface area contributed by atoms with Crippen molar-refractivity contribution in [2.24, 2.45) is 0 Å². The van der Waals surface area contributed by atoms with E-state index in [9.17, 15) is 35.1 Å². The number of aliphatic hydroxyl groups is 2. The smallest absolute Gasteiger partial charge is 0.339 e. The van der Waals surface area contributed by atoms with Gasteiger partial charge in [-0.15, -0.1) is 0 Å². The molecule has 180 valence electrons. The van der Waals surface area contributed by atoms with Crippen molar-refractivity contribution in [1.29, 1.82) is 0 Å². The Kier molecular flexibility index (Phi) is 6.33. The van der Waals surface area contributed by atoms with Gasteiger partial charge in [-0.1, -0.05) is 12.1 Å². The minimum Gasteiger partial charge on any atom is -0.508 e. The number of ether oxygens (including phenoxy) is 4. The van der Waals surface area contributed by atoms with Crippen molar-refractivity contribution < 1.29 is 54.1 Å². The van der Waals surface area contributed by atoms with Crippen molar-refractivity contribution in [1.82, 2.24) is 0 Å². The molecule has 1 saturated heterocycles. The molecule has 0 aromatic heterocycles. The van der Waals surface area contributed by atoms with Gasteiger partial charge in [-0.05, 0) is 29.8 Å². The zero-order valence-electron chi connectivity index (χ0n) is 17.8. The SMILES string of the molecule is COc1c(O)cc2c(c1O)[C@@H]1O[C@H](COC(=O)/C=C\c3ccc(O)cc3)[C@@H](O)[C@H](O)[C@H]1OC2=O. The number of hydrogen-bond acceptors (Lipinski definition) is 11. The molecule has 2 aromatic carbocycles. The molecule has 5 N–H and O–H groups in total. The third-order valence-corrected chi connectivity index (χ3v) is 5.61. The number of aromatic hydroxyl groups is 3. The van der Waals surface area contributed by atoms with Crippen molar-refractivity contribution in [3.8, 4) is 23.0 Å². The van der Waals surface area contributed by atoms with Crippen LogP contribution in [-0.2, 0) is 19.0 Å². The molecule has 34 heavy (non-hydrogen) atoms. The fourth-order valence-corrected chi connectivity index (χ4v) is 3.90. The Bertz CT molecular complexity index is 1120. The maximum Gasteiger partial charge on any atom is 0.339 e. The zero-order chi connectivity index (χ0) is 24.6. The van der Waals surface area contributed by atoms with Crippen LogP contribution in [0.25, 0.3) is 6.08 Å². The van der Waals surface area contributed by atoms with Crippen LogP contribution in [0.4, 0.5) is 0 Å². The molecule has 2 heterocycles. The molecule has 0 spiro atoms. The van der Waals surface area contributed by atoms with E-state index in [-0.39, 0.29) is 22.6 Å². The first-order chi connectivity index (χ1) is 16.2. The van der Waals surface area contributed by atoms with Gasteiger partial charge in [0.25, 0.3) is 0 Å². The van der Waals surface area contributed by atoms with Crippen molar-refractivity contribution in [3.05, 3.63) is 53.1 Å². The van der Waals surface area contributed by atoms with Gasteiger partial charge in [-0.2, -0.15) is 0 Å². The first kappa shape index (κ1) is 23.4. The number of esters is 2. The van der Waals surface area contributed by atoms with E-state index in [4.69, 9.17) is 18.9 Å². The molecular formula is C23H22O11. The van der Waals surface area contributed by atoms with E-state index in [2.05, 4.69) is 0 Å². The fraction of sp³-hybridized carbons (Fsp3) is 0.304. The summed E-state index contributed by atoms with van der Waals surface area (Å²) in [6, 6.07) is 7.12. The average Bonchev–Trinajstić information content (AvgIpc) is 2.81. The number of methoxy groups -OCH3 is 1. The van der Waals surface area contributed by atoms with Crippen LogP contribution in [0.5, 0.6) is 23.0 Å². The van der Waals surface area contributed by atoms with E-state index in [1.807, 2.05) is 0 Å². The molecular weight excluding hydrogens is 452 g/mol. The van der Waals surface area contributed by atoms with E-state index < -0.39 is 60.6 Å². The highest BCUT2D eigenvalue weighted by Gasteiger charge is 2.52. The number of rotatable bonds is 5. The van der Waals surface area contributed by atoms with Crippen molar-refractivity contribution in [3.63, 3.8) is 0 Å². The number of hydrogen-bond donors (Lipinski definition) is 5. The number of phenols is 3. The van der Waals surface area contributed by atoms with Crippen LogP contribution in [0, 0.1) is 0 Å². The van der Waals surface area contributed by atoms with Gasteiger partial charge in [0.2, 0.25) is 5.75 Å². The molecule has 4 rings (SSSR count). The Morgan fingerprint density at radius 2 is 1.82 bits per heavy atom. The van der Waals surface area contributed by atoms with Crippen LogP contribution in [0.2, 0.25) is 0 Å². The number of carbonyl (C=O) groups is 2. The first-order valence-corrected chi connectivity index (χ1v) is 10.2. The third kappa shape index (κ3) is 4.23. The molecule has 2 aliphatic rings. The van der Waals surface area contributed by atoms with E-state index in [1.165, 1.54) is 25.3 Å². The molecule has 11 nitrogen and oxygen atoms in total. The van der Waals surface area contributed by atoms with Crippen LogP contribution in [0.15, 0.2) is 36.4 Å². The molecule has 2 aliphatic heterocycles. The van der Waals surface area contributed by atoms with E-state index in [0.29, 0.717) is 5.56 Å². The lowest BCUT2D eigenvalue weighted by atomic mass is 9.86. The van der Waals surface area contributed by atoms with Gasteiger partial charge >= 0.3 is 11.9 Å². The minimum absolute atomic E-state index is 0.0776. The van der Waals surface area contributed by atoms with E-state index in [0.717, 1.165) is 12.1 Å². The highest BCUT2D eigenvalue weighted by atomic mass is 16.6. The molecule has 5 atom stereocenters. The number of benzene rings is 2. The molecule has 11 heteroatoms. The Balaban J connectivity index is 1.52. The Hall–Kier alpha value is -3.80. The summed E-state index contributed by atoms with van der Waals surface area (Å²) in [7, 11) is 1.20.